The Hall–Kier alpha value is -0.570. The molecule has 0 spiro atoms. The van der Waals surface area contributed by atoms with Crippen molar-refractivity contribution >= 4 is 18.8 Å². The van der Waals surface area contributed by atoms with Gasteiger partial charge in [-0.05, 0) is 0 Å². The van der Waals surface area contributed by atoms with Crippen LogP contribution >= 0.6 is 0 Å². The van der Waals surface area contributed by atoms with Gasteiger partial charge in [-0.25, -0.2) is 0 Å². The van der Waals surface area contributed by atoms with E-state index in [0.717, 1.165) is 0 Å². The Balaban J connectivity index is 2.86. The molecule has 0 N–H and O–H groups in total. The van der Waals surface area contributed by atoms with Crippen LogP contribution in [0, 0.1) is 0 Å². The Kier molecular flexibility index (Phi) is 0.759. The number of rotatable bonds is 0. The maximum absolute atomic E-state index is 4.60. The molecule has 0 saturated heterocycles. The van der Waals surface area contributed by atoms with Crippen LogP contribution in [-0.4, -0.2) is 10.3 Å². The number of nitrogens with zero attached hydrogens (tertiary/aromatic N) is 2. The average molecular weight is 99.1 g/mol. The third kappa shape index (κ3) is 0.490. The van der Waals surface area contributed by atoms with Gasteiger partial charge in [0, 0.05) is 0 Å². The van der Waals surface area contributed by atoms with Crippen molar-refractivity contribution in [2.45, 2.75) is 0 Å². The number of hydrogen-bond acceptors (Lipinski definition) is 2. The second kappa shape index (κ2) is 1.26. The van der Waals surface area contributed by atoms with Gasteiger partial charge in [0.25, 0.3) is 0 Å². The molecule has 6 heavy (non-hydrogen) atoms. The molecule has 30 valence electrons. The summed E-state index contributed by atoms with van der Waals surface area (Å²) in [5, 5.41) is 0. The number of hydrogen-bond donors (Lipinski definition) is 0. The highest BCUT2D eigenvalue weighted by molar-refractivity contribution is 7.44. The van der Waals surface area contributed by atoms with Crippen molar-refractivity contribution in [2.24, 2.45) is 4.99 Å². The Morgan fingerprint density at radius 3 is 2.67 bits per heavy atom. The first-order chi connectivity index (χ1) is 2.89. The summed E-state index contributed by atoms with van der Waals surface area (Å²) in [7, 11) is 0. The zero-order chi connectivity index (χ0) is 4.41. The van der Waals surface area contributed by atoms with Crippen LogP contribution in [0.4, 0.5) is 0 Å². The van der Waals surface area contributed by atoms with E-state index < -0.39 is 0 Å². The third-order valence-electron chi connectivity index (χ3n) is 0.480. The summed E-state index contributed by atoms with van der Waals surface area (Å²) in [6, 6.07) is 0. The lowest BCUT2D eigenvalue weighted by Gasteiger charge is -1.62. The average Bonchev–Trinajstić information content (AvgIpc) is 1.86. The maximum Gasteiger partial charge on any atom is 0.302 e. The first-order valence-electron chi connectivity index (χ1n) is 1.55. The van der Waals surface area contributed by atoms with Crippen LogP contribution in [0.5, 0.6) is 0 Å². The van der Waals surface area contributed by atoms with E-state index in [9.17, 15) is 0 Å². The topological polar surface area (TPSA) is 15.4 Å². The summed E-state index contributed by atoms with van der Waals surface area (Å²) in [6.07, 6.45) is 4.91. The van der Waals surface area contributed by atoms with Crippen molar-refractivity contribution in [1.82, 2.24) is 0 Å². The molecule has 2 nitrogen and oxygen atoms in total. The fourth-order valence-corrected chi connectivity index (χ4v) is 0.356. The van der Waals surface area contributed by atoms with Crippen molar-refractivity contribution in [1.29, 1.82) is 0 Å². The Labute approximate surface area is 41.0 Å². The SMILES string of the molecule is S=[N+]1C=CN=C1. The molecule has 1 heterocycles. The molecule has 0 unspecified atom stereocenters. The second-order valence-corrected chi connectivity index (χ2v) is 1.34. The van der Waals surface area contributed by atoms with Gasteiger partial charge in [-0.2, -0.15) is 0 Å². The zero-order valence-electron chi connectivity index (χ0n) is 3.03. The van der Waals surface area contributed by atoms with E-state index in [1.165, 1.54) is 3.95 Å². The minimum atomic E-state index is 1.47. The molecule has 0 amide bonds. The highest BCUT2D eigenvalue weighted by atomic mass is 32.1. The Morgan fingerprint density at radius 1 is 1.67 bits per heavy atom. The molecule has 0 radical (unpaired) electrons. The van der Waals surface area contributed by atoms with Gasteiger partial charge in [-0.3, -0.25) is 0 Å². The van der Waals surface area contributed by atoms with Gasteiger partial charge in [-0.15, -0.1) is 3.95 Å². The quantitative estimate of drug-likeness (QED) is 0.397. The van der Waals surface area contributed by atoms with Gasteiger partial charge in [0.1, 0.15) is 0 Å². The van der Waals surface area contributed by atoms with Crippen LogP contribution in [0.2, 0.25) is 0 Å². The largest absolute Gasteiger partial charge is 0.302 e. The second-order valence-electron chi connectivity index (χ2n) is 0.923. The molecule has 0 fully saturated rings. The predicted octanol–water partition coefficient (Wildman–Crippen LogP) is 0.242. The molecule has 0 aromatic heterocycles. The third-order valence-corrected chi connectivity index (χ3v) is 0.696. The van der Waals surface area contributed by atoms with Gasteiger partial charge in [0.15, 0.2) is 24.8 Å². The van der Waals surface area contributed by atoms with Gasteiger partial charge < -0.3 is 0 Å². The molecule has 0 atom stereocenters. The van der Waals surface area contributed by atoms with E-state index in [1.54, 1.807) is 18.7 Å². The van der Waals surface area contributed by atoms with Crippen LogP contribution < -0.4 is 0 Å². The molecule has 1 aliphatic rings. The van der Waals surface area contributed by atoms with Crippen LogP contribution in [0.1, 0.15) is 0 Å². The zero-order valence-corrected chi connectivity index (χ0v) is 3.85. The molecular weight excluding hydrogens is 96.1 g/mol. The first-order valence-corrected chi connectivity index (χ1v) is 1.91. The molecule has 0 aromatic carbocycles. The standard InChI is InChI=1S/C3H3N2S/c6-5-2-1-4-3-5/h1-3H/q+1. The van der Waals surface area contributed by atoms with Crippen LogP contribution in [-0.2, 0) is 12.4 Å². The van der Waals surface area contributed by atoms with Crippen LogP contribution in [0.25, 0.3) is 0 Å². The minimum Gasteiger partial charge on any atom is -0.134 e. The molecule has 0 aliphatic carbocycles. The molecule has 0 bridgehead atoms. The van der Waals surface area contributed by atoms with Crippen molar-refractivity contribution < 1.29 is 3.95 Å². The summed E-state index contributed by atoms with van der Waals surface area (Å²) in [6.45, 7) is 0. The monoisotopic (exact) mass is 99.0 g/mol. The van der Waals surface area contributed by atoms with Crippen molar-refractivity contribution in [3.8, 4) is 0 Å². The van der Waals surface area contributed by atoms with E-state index in [1.807, 2.05) is 0 Å². The summed E-state index contributed by atoms with van der Waals surface area (Å²) in [4.78, 5) is 3.68. The van der Waals surface area contributed by atoms with Gasteiger partial charge in [0.05, 0.1) is 0 Å². The first kappa shape index (κ1) is 3.61. The molecule has 1 aliphatic heterocycles. The lowest BCUT2D eigenvalue weighted by molar-refractivity contribution is -0.271. The Morgan fingerprint density at radius 2 is 2.50 bits per heavy atom. The highest BCUT2D eigenvalue weighted by Gasteiger charge is 1.93. The van der Waals surface area contributed by atoms with E-state index in [0.29, 0.717) is 0 Å². The summed E-state index contributed by atoms with van der Waals surface area (Å²) in [5.41, 5.74) is 0. The summed E-state index contributed by atoms with van der Waals surface area (Å²) < 4.78 is 1.47. The van der Waals surface area contributed by atoms with Gasteiger partial charge >= 0.3 is 6.34 Å². The van der Waals surface area contributed by atoms with E-state index >= 15 is 0 Å². The van der Waals surface area contributed by atoms with E-state index in [2.05, 4.69) is 17.4 Å². The highest BCUT2D eigenvalue weighted by Crippen LogP contribution is 1.81. The Bertz CT molecular complexity index is 111. The van der Waals surface area contributed by atoms with Crippen molar-refractivity contribution in [2.75, 3.05) is 0 Å². The maximum atomic E-state index is 4.60. The molecule has 3 heteroatoms. The van der Waals surface area contributed by atoms with Crippen molar-refractivity contribution in [3.05, 3.63) is 12.4 Å². The molecule has 0 saturated carbocycles. The van der Waals surface area contributed by atoms with E-state index in [4.69, 9.17) is 0 Å². The molecule has 1 rings (SSSR count). The molecular formula is C3H3N2S+. The van der Waals surface area contributed by atoms with Gasteiger partial charge in [-0.1, -0.05) is 4.99 Å². The predicted molar refractivity (Wildman–Crippen MR) is 25.3 cm³/mol. The van der Waals surface area contributed by atoms with Crippen molar-refractivity contribution in [3.63, 3.8) is 0 Å². The fourth-order valence-electron chi connectivity index (χ4n) is 0.247. The lowest BCUT2D eigenvalue weighted by Crippen LogP contribution is -1.86. The van der Waals surface area contributed by atoms with E-state index in [-0.39, 0.29) is 0 Å². The van der Waals surface area contributed by atoms with Crippen LogP contribution in [0.15, 0.2) is 17.4 Å². The molecule has 0 aromatic rings. The minimum absolute atomic E-state index is 1.47. The summed E-state index contributed by atoms with van der Waals surface area (Å²) >= 11 is 4.60. The normalized spacial score (nSPS) is 17.0. The smallest absolute Gasteiger partial charge is 0.134 e. The fraction of sp³-hybridized carbons (Fsp3) is 0. The van der Waals surface area contributed by atoms with Crippen LogP contribution in [0.3, 0.4) is 0 Å². The lowest BCUT2D eigenvalue weighted by atomic mass is 11.0. The summed E-state index contributed by atoms with van der Waals surface area (Å²) in [5.74, 6) is 0. The van der Waals surface area contributed by atoms with Gasteiger partial charge in [0.2, 0.25) is 0 Å². The number of aliphatic imine (C=N–C) groups is 1.